The highest BCUT2D eigenvalue weighted by atomic mass is 32.1. The number of rotatable bonds is 3. The highest BCUT2D eigenvalue weighted by Gasteiger charge is 2.25. The van der Waals surface area contributed by atoms with Crippen LogP contribution in [0.5, 0.6) is 0 Å². The maximum atomic E-state index is 5.68. The van der Waals surface area contributed by atoms with Crippen molar-refractivity contribution in [3.05, 3.63) is 18.1 Å². The van der Waals surface area contributed by atoms with Gasteiger partial charge in [0, 0.05) is 18.9 Å². The molecular formula is C11H16N4OS. The standard InChI is InChI=1S/C11H16N4OS/c1-2-8-7-16-6-5-15(8)11-9(10(12)17)13-3-4-14-11/h3-4,8H,2,5-7H2,1H3,(H2,12,17). The third kappa shape index (κ3) is 2.53. The molecule has 2 heterocycles. The van der Waals surface area contributed by atoms with E-state index in [0.717, 1.165) is 18.8 Å². The second kappa shape index (κ2) is 5.37. The van der Waals surface area contributed by atoms with Gasteiger partial charge in [-0.1, -0.05) is 19.1 Å². The van der Waals surface area contributed by atoms with E-state index >= 15 is 0 Å². The second-order valence-electron chi connectivity index (χ2n) is 3.92. The highest BCUT2D eigenvalue weighted by Crippen LogP contribution is 2.21. The van der Waals surface area contributed by atoms with Gasteiger partial charge >= 0.3 is 0 Å². The molecule has 0 saturated carbocycles. The van der Waals surface area contributed by atoms with Crippen molar-refractivity contribution in [2.75, 3.05) is 24.7 Å². The molecule has 6 heteroatoms. The zero-order valence-corrected chi connectivity index (χ0v) is 10.6. The third-order valence-electron chi connectivity index (χ3n) is 2.88. The molecule has 1 atom stereocenters. The Balaban J connectivity index is 2.34. The van der Waals surface area contributed by atoms with E-state index in [4.69, 9.17) is 22.7 Å². The summed E-state index contributed by atoms with van der Waals surface area (Å²) in [6, 6.07) is 0.313. The van der Waals surface area contributed by atoms with E-state index in [-0.39, 0.29) is 4.99 Å². The van der Waals surface area contributed by atoms with Crippen LogP contribution in [-0.2, 0) is 4.74 Å². The molecule has 5 nitrogen and oxygen atoms in total. The van der Waals surface area contributed by atoms with Crippen LogP contribution < -0.4 is 10.6 Å². The first-order valence-electron chi connectivity index (χ1n) is 5.69. The highest BCUT2D eigenvalue weighted by molar-refractivity contribution is 7.80. The molecule has 2 N–H and O–H groups in total. The number of nitrogens with zero attached hydrogens (tertiary/aromatic N) is 3. The van der Waals surface area contributed by atoms with Crippen LogP contribution in [0.25, 0.3) is 0 Å². The molecule has 1 saturated heterocycles. The van der Waals surface area contributed by atoms with Gasteiger partial charge in [-0.2, -0.15) is 0 Å². The molecule has 17 heavy (non-hydrogen) atoms. The average Bonchev–Trinajstić information content (AvgIpc) is 2.38. The van der Waals surface area contributed by atoms with E-state index < -0.39 is 0 Å². The zero-order chi connectivity index (χ0) is 12.3. The largest absolute Gasteiger partial charge is 0.388 e. The molecule has 1 fully saturated rings. The minimum Gasteiger partial charge on any atom is -0.388 e. The van der Waals surface area contributed by atoms with Crippen molar-refractivity contribution < 1.29 is 4.74 Å². The average molecular weight is 252 g/mol. The monoisotopic (exact) mass is 252 g/mol. The molecular weight excluding hydrogens is 236 g/mol. The lowest BCUT2D eigenvalue weighted by molar-refractivity contribution is 0.0925. The fraction of sp³-hybridized carbons (Fsp3) is 0.545. The zero-order valence-electron chi connectivity index (χ0n) is 9.80. The Hall–Kier alpha value is -1.27. The number of nitrogens with two attached hydrogens (primary N) is 1. The van der Waals surface area contributed by atoms with E-state index in [1.54, 1.807) is 12.4 Å². The molecule has 2 rings (SSSR count). The summed E-state index contributed by atoms with van der Waals surface area (Å²) in [5, 5.41) is 0. The lowest BCUT2D eigenvalue weighted by Gasteiger charge is -2.36. The minimum absolute atomic E-state index is 0.287. The van der Waals surface area contributed by atoms with Gasteiger partial charge < -0.3 is 15.4 Å². The van der Waals surface area contributed by atoms with Crippen molar-refractivity contribution in [1.29, 1.82) is 0 Å². The van der Waals surface area contributed by atoms with E-state index in [9.17, 15) is 0 Å². The molecule has 0 aliphatic carbocycles. The maximum Gasteiger partial charge on any atom is 0.158 e. The van der Waals surface area contributed by atoms with Gasteiger partial charge in [0.2, 0.25) is 0 Å². The fourth-order valence-electron chi connectivity index (χ4n) is 1.99. The van der Waals surface area contributed by atoms with Crippen molar-refractivity contribution in [3.8, 4) is 0 Å². The quantitative estimate of drug-likeness (QED) is 0.800. The first-order chi connectivity index (χ1) is 8.24. The molecule has 1 aromatic heterocycles. The molecule has 1 aliphatic rings. The normalized spacial score (nSPS) is 20.3. The predicted molar refractivity (Wildman–Crippen MR) is 70.2 cm³/mol. The lowest BCUT2D eigenvalue weighted by atomic mass is 10.1. The van der Waals surface area contributed by atoms with Crippen LogP contribution in [-0.4, -0.2) is 40.8 Å². The number of morpholine rings is 1. The molecule has 1 unspecified atom stereocenters. The molecule has 0 amide bonds. The Bertz CT molecular complexity index is 412. The van der Waals surface area contributed by atoms with Crippen molar-refractivity contribution in [1.82, 2.24) is 9.97 Å². The first-order valence-corrected chi connectivity index (χ1v) is 6.10. The van der Waals surface area contributed by atoms with Crippen molar-refractivity contribution in [2.24, 2.45) is 5.73 Å². The number of thiocarbonyl (C=S) groups is 1. The van der Waals surface area contributed by atoms with Crippen LogP contribution in [0.2, 0.25) is 0 Å². The van der Waals surface area contributed by atoms with Crippen molar-refractivity contribution in [3.63, 3.8) is 0 Å². The number of anilines is 1. The summed E-state index contributed by atoms with van der Waals surface area (Å²) >= 11 is 5.01. The summed E-state index contributed by atoms with van der Waals surface area (Å²) in [5.41, 5.74) is 6.28. The predicted octanol–water partition coefficient (Wildman–Crippen LogP) is 0.726. The van der Waals surface area contributed by atoms with Gasteiger partial charge in [-0.25, -0.2) is 9.97 Å². The summed E-state index contributed by atoms with van der Waals surface area (Å²) in [5.74, 6) is 0.773. The third-order valence-corrected chi connectivity index (χ3v) is 3.08. The smallest absolute Gasteiger partial charge is 0.158 e. The maximum absolute atomic E-state index is 5.68. The molecule has 0 spiro atoms. The van der Waals surface area contributed by atoms with Gasteiger partial charge in [-0.05, 0) is 6.42 Å². The van der Waals surface area contributed by atoms with Crippen LogP contribution in [0.3, 0.4) is 0 Å². The Morgan fingerprint density at radius 3 is 3.06 bits per heavy atom. The molecule has 0 aromatic carbocycles. The summed E-state index contributed by atoms with van der Waals surface area (Å²) < 4.78 is 5.47. The van der Waals surface area contributed by atoms with Gasteiger partial charge in [-0.3, -0.25) is 0 Å². The molecule has 1 aliphatic heterocycles. The van der Waals surface area contributed by atoms with Crippen molar-refractivity contribution >= 4 is 23.0 Å². The fourth-order valence-corrected chi connectivity index (χ4v) is 2.13. The first kappa shape index (κ1) is 12.2. The van der Waals surface area contributed by atoms with Gasteiger partial charge in [0.1, 0.15) is 10.7 Å². The summed E-state index contributed by atoms with van der Waals surface area (Å²) in [4.78, 5) is 11.0. The molecule has 1 aromatic rings. The summed E-state index contributed by atoms with van der Waals surface area (Å²) in [6.07, 6.45) is 4.27. The van der Waals surface area contributed by atoms with E-state index in [0.29, 0.717) is 24.9 Å². The minimum atomic E-state index is 0.287. The molecule has 0 bridgehead atoms. The SMILES string of the molecule is CCC1COCCN1c1nccnc1C(N)=S. The second-order valence-corrected chi connectivity index (χ2v) is 4.36. The van der Waals surface area contributed by atoms with E-state index in [1.807, 2.05) is 0 Å². The van der Waals surface area contributed by atoms with Crippen LogP contribution in [0.4, 0.5) is 5.82 Å². The topological polar surface area (TPSA) is 64.3 Å². The van der Waals surface area contributed by atoms with Gasteiger partial charge in [0.25, 0.3) is 0 Å². The number of hydrogen-bond acceptors (Lipinski definition) is 5. The Kier molecular flexibility index (Phi) is 3.86. The summed E-state index contributed by atoms with van der Waals surface area (Å²) in [7, 11) is 0. The number of ether oxygens (including phenoxy) is 1. The Morgan fingerprint density at radius 2 is 2.35 bits per heavy atom. The van der Waals surface area contributed by atoms with Gasteiger partial charge in [0.15, 0.2) is 5.82 Å². The van der Waals surface area contributed by atoms with Crippen LogP contribution in [0.15, 0.2) is 12.4 Å². The Morgan fingerprint density at radius 1 is 1.59 bits per heavy atom. The number of aromatic nitrogens is 2. The van der Waals surface area contributed by atoms with E-state index in [1.165, 1.54) is 0 Å². The van der Waals surface area contributed by atoms with Crippen molar-refractivity contribution in [2.45, 2.75) is 19.4 Å². The Labute approximate surface area is 106 Å². The van der Waals surface area contributed by atoms with Gasteiger partial charge in [0.05, 0.1) is 19.3 Å². The van der Waals surface area contributed by atoms with Gasteiger partial charge in [-0.15, -0.1) is 0 Å². The van der Waals surface area contributed by atoms with Crippen LogP contribution in [0.1, 0.15) is 19.0 Å². The molecule has 0 radical (unpaired) electrons. The molecule has 92 valence electrons. The van der Waals surface area contributed by atoms with E-state index in [2.05, 4.69) is 21.8 Å². The summed E-state index contributed by atoms with van der Waals surface area (Å²) in [6.45, 7) is 4.34. The van der Waals surface area contributed by atoms with Crippen LogP contribution >= 0.6 is 12.2 Å². The van der Waals surface area contributed by atoms with Crippen LogP contribution in [0, 0.1) is 0 Å². The lowest BCUT2D eigenvalue weighted by Crippen LogP contribution is -2.46. The number of hydrogen-bond donors (Lipinski definition) is 1.